The molecule has 3 aromatic rings. The van der Waals surface area contributed by atoms with Crippen LogP contribution in [-0.4, -0.2) is 22.0 Å². The second-order valence-electron chi connectivity index (χ2n) is 3.95. The minimum atomic E-state index is 0.827. The van der Waals surface area contributed by atoms with Crippen molar-refractivity contribution in [1.29, 1.82) is 0 Å². The molecule has 0 saturated heterocycles. The summed E-state index contributed by atoms with van der Waals surface area (Å²) in [6.45, 7) is 2.00. The largest absolute Gasteiger partial charge is 0.373 e. The monoisotopic (exact) mass is 256 g/mol. The van der Waals surface area contributed by atoms with Crippen LogP contribution in [0.1, 0.15) is 5.01 Å². The van der Waals surface area contributed by atoms with Gasteiger partial charge in [0.25, 0.3) is 0 Å². The van der Waals surface area contributed by atoms with Crippen LogP contribution >= 0.6 is 11.3 Å². The van der Waals surface area contributed by atoms with Crippen LogP contribution in [-0.2, 0) is 0 Å². The molecule has 0 aliphatic rings. The maximum atomic E-state index is 4.66. The van der Waals surface area contributed by atoms with Crippen LogP contribution < -0.4 is 5.32 Å². The van der Waals surface area contributed by atoms with Crippen molar-refractivity contribution < 1.29 is 0 Å². The number of rotatable bonds is 2. The van der Waals surface area contributed by atoms with Gasteiger partial charge in [0.1, 0.15) is 5.82 Å². The lowest BCUT2D eigenvalue weighted by molar-refractivity contribution is 1.28. The van der Waals surface area contributed by atoms with E-state index in [9.17, 15) is 0 Å². The molecule has 0 unspecified atom stereocenters. The van der Waals surface area contributed by atoms with Gasteiger partial charge in [0.15, 0.2) is 0 Å². The summed E-state index contributed by atoms with van der Waals surface area (Å²) in [5.74, 6) is 0.827. The number of aryl methyl sites for hydroxylation is 1. The first-order valence-corrected chi connectivity index (χ1v) is 6.45. The molecule has 5 heteroatoms. The molecule has 0 aliphatic heterocycles. The van der Waals surface area contributed by atoms with Gasteiger partial charge in [-0.05, 0) is 19.1 Å². The third-order valence-corrected chi connectivity index (χ3v) is 3.64. The summed E-state index contributed by atoms with van der Waals surface area (Å²) in [7, 11) is 1.85. The van der Waals surface area contributed by atoms with E-state index in [2.05, 4.69) is 20.3 Å². The molecule has 0 aliphatic carbocycles. The van der Waals surface area contributed by atoms with Gasteiger partial charge < -0.3 is 5.32 Å². The van der Waals surface area contributed by atoms with Gasteiger partial charge in [0.2, 0.25) is 0 Å². The summed E-state index contributed by atoms with van der Waals surface area (Å²) in [4.78, 5) is 14.3. The van der Waals surface area contributed by atoms with E-state index in [1.54, 1.807) is 11.3 Å². The molecule has 0 amide bonds. The fraction of sp³-hybridized carbons (Fsp3) is 0.154. The maximum absolute atomic E-state index is 4.66. The Balaban J connectivity index is 2.14. The van der Waals surface area contributed by atoms with Crippen molar-refractivity contribution in [3.8, 4) is 10.6 Å². The number of pyridine rings is 2. The summed E-state index contributed by atoms with van der Waals surface area (Å²) in [6.07, 6.45) is 3.70. The zero-order chi connectivity index (χ0) is 12.5. The SMILES string of the molecule is CNc1cc2nc(-c3cnc(C)s3)ccc2cn1. The van der Waals surface area contributed by atoms with Crippen LogP contribution in [0.25, 0.3) is 21.5 Å². The first-order chi connectivity index (χ1) is 8.76. The summed E-state index contributed by atoms with van der Waals surface area (Å²) in [5, 5.41) is 5.12. The Labute approximate surface area is 109 Å². The van der Waals surface area contributed by atoms with Gasteiger partial charge in [0.05, 0.1) is 21.1 Å². The summed E-state index contributed by atoms with van der Waals surface area (Å²) in [5.41, 5.74) is 1.90. The van der Waals surface area contributed by atoms with Gasteiger partial charge >= 0.3 is 0 Å². The minimum Gasteiger partial charge on any atom is -0.373 e. The van der Waals surface area contributed by atoms with Gasteiger partial charge in [-0.25, -0.2) is 15.0 Å². The average molecular weight is 256 g/mol. The molecule has 4 nitrogen and oxygen atoms in total. The van der Waals surface area contributed by atoms with Crippen LogP contribution in [0.2, 0.25) is 0 Å². The van der Waals surface area contributed by atoms with Crippen molar-refractivity contribution in [2.45, 2.75) is 6.92 Å². The number of aromatic nitrogens is 3. The fourth-order valence-corrected chi connectivity index (χ4v) is 2.52. The molecule has 0 atom stereocenters. The molecule has 18 heavy (non-hydrogen) atoms. The van der Waals surface area contributed by atoms with E-state index in [4.69, 9.17) is 0 Å². The molecule has 3 aromatic heterocycles. The van der Waals surface area contributed by atoms with Crippen molar-refractivity contribution in [3.05, 3.63) is 35.6 Å². The van der Waals surface area contributed by atoms with E-state index >= 15 is 0 Å². The number of hydrogen-bond donors (Lipinski definition) is 1. The normalized spacial score (nSPS) is 10.8. The zero-order valence-electron chi connectivity index (χ0n) is 10.1. The lowest BCUT2D eigenvalue weighted by atomic mass is 10.2. The number of thiazole rings is 1. The predicted octanol–water partition coefficient (Wildman–Crippen LogP) is 3.10. The Kier molecular flexibility index (Phi) is 2.68. The second kappa shape index (κ2) is 4.34. The smallest absolute Gasteiger partial charge is 0.127 e. The van der Waals surface area contributed by atoms with Crippen molar-refractivity contribution in [2.75, 3.05) is 12.4 Å². The lowest BCUT2D eigenvalue weighted by Gasteiger charge is -2.03. The van der Waals surface area contributed by atoms with Crippen LogP contribution in [0.15, 0.2) is 30.6 Å². The number of fused-ring (bicyclic) bond motifs is 1. The third-order valence-electron chi connectivity index (χ3n) is 2.70. The quantitative estimate of drug-likeness (QED) is 0.765. The predicted molar refractivity (Wildman–Crippen MR) is 74.9 cm³/mol. The average Bonchev–Trinajstić information content (AvgIpc) is 2.84. The molecule has 0 radical (unpaired) electrons. The highest BCUT2D eigenvalue weighted by atomic mass is 32.1. The molecule has 1 N–H and O–H groups in total. The van der Waals surface area contributed by atoms with Crippen LogP contribution in [0.4, 0.5) is 5.82 Å². The van der Waals surface area contributed by atoms with E-state index < -0.39 is 0 Å². The number of nitrogens with one attached hydrogen (secondary N) is 1. The van der Waals surface area contributed by atoms with Crippen molar-refractivity contribution in [2.24, 2.45) is 0 Å². The molecular weight excluding hydrogens is 244 g/mol. The lowest BCUT2D eigenvalue weighted by Crippen LogP contribution is -1.92. The molecule has 90 valence electrons. The van der Waals surface area contributed by atoms with Crippen molar-refractivity contribution >= 4 is 28.1 Å². The Morgan fingerprint density at radius 1 is 1.17 bits per heavy atom. The number of nitrogens with zero attached hydrogens (tertiary/aromatic N) is 3. The van der Waals surface area contributed by atoms with Gasteiger partial charge in [-0.2, -0.15) is 0 Å². The molecular formula is C13H12N4S. The molecule has 0 saturated carbocycles. The number of anilines is 1. The zero-order valence-corrected chi connectivity index (χ0v) is 11.0. The fourth-order valence-electron chi connectivity index (χ4n) is 1.77. The highest BCUT2D eigenvalue weighted by molar-refractivity contribution is 7.15. The van der Waals surface area contributed by atoms with Crippen LogP contribution in [0.5, 0.6) is 0 Å². The molecule has 0 bridgehead atoms. The van der Waals surface area contributed by atoms with Gasteiger partial charge in [-0.15, -0.1) is 11.3 Å². The number of hydrogen-bond acceptors (Lipinski definition) is 5. The topological polar surface area (TPSA) is 50.7 Å². The first kappa shape index (κ1) is 11.1. The Hall–Kier alpha value is -2.01. The summed E-state index contributed by atoms with van der Waals surface area (Å²) in [6, 6.07) is 6.00. The van der Waals surface area contributed by atoms with Gasteiger partial charge in [-0.1, -0.05) is 0 Å². The third kappa shape index (κ3) is 1.93. The van der Waals surface area contributed by atoms with E-state index in [0.29, 0.717) is 0 Å². The van der Waals surface area contributed by atoms with E-state index in [1.807, 2.05) is 44.6 Å². The van der Waals surface area contributed by atoms with Gasteiger partial charge in [-0.3, -0.25) is 0 Å². The van der Waals surface area contributed by atoms with Gasteiger partial charge in [0, 0.05) is 30.9 Å². The highest BCUT2D eigenvalue weighted by Crippen LogP contribution is 2.26. The minimum absolute atomic E-state index is 0.827. The van der Waals surface area contributed by atoms with Crippen LogP contribution in [0.3, 0.4) is 0 Å². The van der Waals surface area contributed by atoms with Crippen molar-refractivity contribution in [1.82, 2.24) is 15.0 Å². The maximum Gasteiger partial charge on any atom is 0.127 e. The second-order valence-corrected chi connectivity index (χ2v) is 5.19. The van der Waals surface area contributed by atoms with E-state index in [-0.39, 0.29) is 0 Å². The molecule has 3 heterocycles. The highest BCUT2D eigenvalue weighted by Gasteiger charge is 2.05. The summed E-state index contributed by atoms with van der Waals surface area (Å²) < 4.78 is 0. The van der Waals surface area contributed by atoms with Crippen LogP contribution in [0, 0.1) is 6.92 Å². The van der Waals surface area contributed by atoms with Crippen molar-refractivity contribution in [3.63, 3.8) is 0 Å². The summed E-state index contributed by atoms with van der Waals surface area (Å²) >= 11 is 1.65. The Bertz CT molecular complexity index is 705. The molecule has 0 aromatic carbocycles. The standard InChI is InChI=1S/C13H12N4S/c1-8-15-7-12(18-8)10-4-3-9-6-16-13(14-2)5-11(9)17-10/h3-7H,1-2H3,(H,14,16). The molecule has 0 fully saturated rings. The van der Waals surface area contributed by atoms with E-state index in [1.165, 1.54) is 0 Å². The Morgan fingerprint density at radius 2 is 2.06 bits per heavy atom. The molecule has 0 spiro atoms. The van der Waals surface area contributed by atoms with E-state index in [0.717, 1.165) is 32.3 Å². The molecule has 3 rings (SSSR count). The Morgan fingerprint density at radius 3 is 2.78 bits per heavy atom. The first-order valence-electron chi connectivity index (χ1n) is 5.63.